The SMILES string of the molecule is O=S(O)Cc1ccc(-c2ncccc2-c2ccccc2)cc1F. The second kappa shape index (κ2) is 6.81. The van der Waals surface area contributed by atoms with Crippen LogP contribution in [0.2, 0.25) is 0 Å². The van der Waals surface area contributed by atoms with Crippen LogP contribution >= 0.6 is 0 Å². The molecule has 116 valence electrons. The minimum Gasteiger partial charge on any atom is -0.306 e. The van der Waals surface area contributed by atoms with Gasteiger partial charge in [0.15, 0.2) is 11.1 Å². The lowest BCUT2D eigenvalue weighted by Gasteiger charge is -2.10. The third kappa shape index (κ3) is 3.52. The summed E-state index contributed by atoms with van der Waals surface area (Å²) in [7, 11) is 0. The fourth-order valence-electron chi connectivity index (χ4n) is 2.43. The molecule has 0 aliphatic carbocycles. The van der Waals surface area contributed by atoms with E-state index in [2.05, 4.69) is 4.98 Å². The smallest absolute Gasteiger partial charge is 0.157 e. The Morgan fingerprint density at radius 3 is 2.48 bits per heavy atom. The predicted octanol–water partition coefficient (Wildman–Crippen LogP) is 4.28. The molecular formula is C18H14FNO2S. The van der Waals surface area contributed by atoms with Gasteiger partial charge in [0.1, 0.15) is 5.82 Å². The van der Waals surface area contributed by atoms with Crippen molar-refractivity contribution in [3.05, 3.63) is 78.2 Å². The maximum Gasteiger partial charge on any atom is 0.157 e. The minimum atomic E-state index is -2.07. The molecular weight excluding hydrogens is 313 g/mol. The molecule has 2 aromatic carbocycles. The number of aromatic nitrogens is 1. The second-order valence-electron chi connectivity index (χ2n) is 5.04. The lowest BCUT2D eigenvalue weighted by molar-refractivity contribution is 0.559. The van der Waals surface area contributed by atoms with Gasteiger partial charge in [-0.1, -0.05) is 48.5 Å². The zero-order valence-electron chi connectivity index (χ0n) is 12.1. The highest BCUT2D eigenvalue weighted by Crippen LogP contribution is 2.30. The van der Waals surface area contributed by atoms with Gasteiger partial charge in [-0.15, -0.1) is 0 Å². The molecule has 0 fully saturated rings. The first-order valence-electron chi connectivity index (χ1n) is 7.02. The normalized spacial score (nSPS) is 12.1. The Hall–Kier alpha value is -2.37. The van der Waals surface area contributed by atoms with Crippen LogP contribution in [0.25, 0.3) is 22.4 Å². The molecule has 3 rings (SSSR count). The van der Waals surface area contributed by atoms with E-state index in [1.165, 1.54) is 12.1 Å². The molecule has 0 spiro atoms. The van der Waals surface area contributed by atoms with E-state index in [0.717, 1.165) is 11.1 Å². The zero-order chi connectivity index (χ0) is 16.2. The summed E-state index contributed by atoms with van der Waals surface area (Å²) in [5.74, 6) is -0.727. The molecule has 1 atom stereocenters. The Labute approximate surface area is 136 Å². The predicted molar refractivity (Wildman–Crippen MR) is 89.5 cm³/mol. The van der Waals surface area contributed by atoms with Crippen molar-refractivity contribution in [3.8, 4) is 22.4 Å². The largest absolute Gasteiger partial charge is 0.306 e. The van der Waals surface area contributed by atoms with Crippen LogP contribution in [0, 0.1) is 5.82 Å². The summed E-state index contributed by atoms with van der Waals surface area (Å²) in [6.45, 7) is 0. The summed E-state index contributed by atoms with van der Waals surface area (Å²) in [5.41, 5.74) is 3.43. The van der Waals surface area contributed by atoms with Gasteiger partial charge in [-0.25, -0.2) is 8.60 Å². The van der Waals surface area contributed by atoms with Crippen LogP contribution in [0.3, 0.4) is 0 Å². The standard InChI is InChI=1S/C18H14FNO2S/c19-17-11-14(8-9-15(17)12-23(21)22)18-16(7-4-10-20-18)13-5-2-1-3-6-13/h1-11H,12H2,(H,21,22). The molecule has 1 N–H and O–H groups in total. The van der Waals surface area contributed by atoms with Crippen LogP contribution in [0.4, 0.5) is 4.39 Å². The van der Waals surface area contributed by atoms with Gasteiger partial charge < -0.3 is 4.55 Å². The molecule has 1 aromatic heterocycles. The number of rotatable bonds is 4. The maximum atomic E-state index is 14.2. The first-order chi connectivity index (χ1) is 11.1. The second-order valence-corrected chi connectivity index (χ2v) is 5.97. The van der Waals surface area contributed by atoms with Crippen molar-refractivity contribution in [1.29, 1.82) is 0 Å². The zero-order valence-corrected chi connectivity index (χ0v) is 13.0. The number of hydrogen-bond donors (Lipinski definition) is 1. The van der Waals surface area contributed by atoms with Gasteiger partial charge in [-0.2, -0.15) is 0 Å². The molecule has 0 aliphatic rings. The van der Waals surface area contributed by atoms with E-state index in [-0.39, 0.29) is 11.3 Å². The minimum absolute atomic E-state index is 0.215. The number of hydrogen-bond acceptors (Lipinski definition) is 2. The number of pyridine rings is 1. The maximum absolute atomic E-state index is 14.2. The topological polar surface area (TPSA) is 50.2 Å². The van der Waals surface area contributed by atoms with E-state index in [9.17, 15) is 8.60 Å². The van der Waals surface area contributed by atoms with Crippen molar-refractivity contribution >= 4 is 11.1 Å². The monoisotopic (exact) mass is 327 g/mol. The quantitative estimate of drug-likeness (QED) is 0.728. The molecule has 0 bridgehead atoms. The van der Waals surface area contributed by atoms with Gasteiger partial charge in [0.2, 0.25) is 0 Å². The van der Waals surface area contributed by atoms with Gasteiger partial charge in [0.25, 0.3) is 0 Å². The highest BCUT2D eigenvalue weighted by molar-refractivity contribution is 7.78. The lowest BCUT2D eigenvalue weighted by Crippen LogP contribution is -1.97. The van der Waals surface area contributed by atoms with E-state index in [1.807, 2.05) is 42.5 Å². The van der Waals surface area contributed by atoms with Crippen molar-refractivity contribution in [2.45, 2.75) is 5.75 Å². The van der Waals surface area contributed by atoms with E-state index in [0.29, 0.717) is 11.3 Å². The summed E-state index contributed by atoms with van der Waals surface area (Å²) in [6, 6.07) is 18.1. The third-order valence-corrected chi connectivity index (χ3v) is 4.06. The van der Waals surface area contributed by atoms with E-state index in [4.69, 9.17) is 4.55 Å². The number of halogens is 1. The highest BCUT2D eigenvalue weighted by Gasteiger charge is 2.12. The summed E-state index contributed by atoms with van der Waals surface area (Å²) in [5, 5.41) is 0. The van der Waals surface area contributed by atoms with Gasteiger partial charge in [0, 0.05) is 22.9 Å². The van der Waals surface area contributed by atoms with E-state index < -0.39 is 16.9 Å². The van der Waals surface area contributed by atoms with Crippen molar-refractivity contribution in [2.75, 3.05) is 0 Å². The Bertz CT molecular complexity index is 853. The Balaban J connectivity index is 2.06. The lowest BCUT2D eigenvalue weighted by atomic mass is 9.99. The van der Waals surface area contributed by atoms with E-state index >= 15 is 0 Å². The van der Waals surface area contributed by atoms with Gasteiger partial charge in [-0.05, 0) is 17.7 Å². The van der Waals surface area contributed by atoms with Crippen LogP contribution in [-0.4, -0.2) is 13.7 Å². The summed E-state index contributed by atoms with van der Waals surface area (Å²) >= 11 is -2.07. The number of nitrogens with zero attached hydrogens (tertiary/aromatic N) is 1. The molecule has 1 heterocycles. The molecule has 0 saturated carbocycles. The number of benzene rings is 2. The van der Waals surface area contributed by atoms with Crippen LogP contribution in [0.1, 0.15) is 5.56 Å². The van der Waals surface area contributed by atoms with Gasteiger partial charge >= 0.3 is 0 Å². The molecule has 0 saturated heterocycles. The highest BCUT2D eigenvalue weighted by atomic mass is 32.2. The van der Waals surface area contributed by atoms with Crippen LogP contribution < -0.4 is 0 Å². The Morgan fingerprint density at radius 1 is 1.00 bits per heavy atom. The van der Waals surface area contributed by atoms with Crippen molar-refractivity contribution in [2.24, 2.45) is 0 Å². The first-order valence-corrected chi connectivity index (χ1v) is 8.29. The summed E-state index contributed by atoms with van der Waals surface area (Å²) in [6.07, 6.45) is 1.66. The summed E-state index contributed by atoms with van der Waals surface area (Å²) < 4.78 is 33.9. The van der Waals surface area contributed by atoms with Crippen molar-refractivity contribution in [3.63, 3.8) is 0 Å². The fraction of sp³-hybridized carbons (Fsp3) is 0.0556. The fourth-order valence-corrected chi connectivity index (χ4v) is 2.93. The van der Waals surface area contributed by atoms with Gasteiger partial charge in [-0.3, -0.25) is 4.98 Å². The Morgan fingerprint density at radius 2 is 1.78 bits per heavy atom. The average Bonchev–Trinajstić information content (AvgIpc) is 2.57. The molecule has 3 aromatic rings. The third-order valence-electron chi connectivity index (χ3n) is 3.50. The first kappa shape index (κ1) is 15.5. The average molecular weight is 327 g/mol. The van der Waals surface area contributed by atoms with Crippen molar-refractivity contribution < 1.29 is 13.2 Å². The Kier molecular flexibility index (Phi) is 4.60. The molecule has 3 nitrogen and oxygen atoms in total. The van der Waals surface area contributed by atoms with Gasteiger partial charge in [0.05, 0.1) is 11.4 Å². The van der Waals surface area contributed by atoms with Crippen molar-refractivity contribution in [1.82, 2.24) is 4.98 Å². The van der Waals surface area contributed by atoms with Crippen LogP contribution in [0.5, 0.6) is 0 Å². The molecule has 1 unspecified atom stereocenters. The molecule has 5 heteroatoms. The van der Waals surface area contributed by atoms with Crippen LogP contribution in [-0.2, 0) is 16.8 Å². The molecule has 0 amide bonds. The summed E-state index contributed by atoms with van der Waals surface area (Å²) in [4.78, 5) is 4.38. The van der Waals surface area contributed by atoms with Crippen LogP contribution in [0.15, 0.2) is 66.9 Å². The molecule has 23 heavy (non-hydrogen) atoms. The molecule has 0 aliphatic heterocycles. The van der Waals surface area contributed by atoms with E-state index in [1.54, 1.807) is 12.3 Å². The molecule has 0 radical (unpaired) electrons.